The molecule has 1 aliphatic carbocycles. The Labute approximate surface area is 145 Å². The van der Waals surface area contributed by atoms with Gasteiger partial charge in [0.05, 0.1) is 24.0 Å². The standard InChI is InChI=1S/C16H17F6NO3/c1-9(10-3-2-4-11(7-10)26-16(20,21)22)23-13(25)8-12(24)14(5-6-14)15(17,18)19/h2-4,7,9,12,24H,5-6,8H2,1H3,(H,23,25)/t9-,12-/m0/s1. The molecule has 4 nitrogen and oxygen atoms in total. The third-order valence-electron chi connectivity index (χ3n) is 4.34. The van der Waals surface area contributed by atoms with Crippen molar-refractivity contribution in [2.45, 2.75) is 50.9 Å². The summed E-state index contributed by atoms with van der Waals surface area (Å²) in [6, 6.07) is 4.08. The molecule has 0 aliphatic heterocycles. The van der Waals surface area contributed by atoms with Crippen molar-refractivity contribution in [3.05, 3.63) is 29.8 Å². The van der Waals surface area contributed by atoms with Crippen molar-refractivity contribution in [2.75, 3.05) is 0 Å². The minimum absolute atomic E-state index is 0.239. The number of benzene rings is 1. The first-order valence-electron chi connectivity index (χ1n) is 7.74. The first-order chi connectivity index (χ1) is 11.8. The van der Waals surface area contributed by atoms with Gasteiger partial charge in [0, 0.05) is 0 Å². The molecule has 1 amide bonds. The van der Waals surface area contributed by atoms with E-state index in [0.29, 0.717) is 0 Å². The number of alkyl halides is 6. The lowest BCUT2D eigenvalue weighted by Gasteiger charge is -2.25. The van der Waals surface area contributed by atoms with Crippen LogP contribution in [0.2, 0.25) is 0 Å². The van der Waals surface area contributed by atoms with Gasteiger partial charge in [-0.1, -0.05) is 12.1 Å². The topological polar surface area (TPSA) is 58.6 Å². The molecule has 26 heavy (non-hydrogen) atoms. The van der Waals surface area contributed by atoms with E-state index < -0.39 is 48.2 Å². The van der Waals surface area contributed by atoms with Gasteiger partial charge in [0.1, 0.15) is 5.75 Å². The number of rotatable bonds is 6. The Hall–Kier alpha value is -1.97. The van der Waals surface area contributed by atoms with Crippen molar-refractivity contribution in [1.82, 2.24) is 5.32 Å². The number of aliphatic hydroxyl groups is 1. The molecule has 1 saturated carbocycles. The molecule has 1 fully saturated rings. The number of halogens is 6. The molecule has 0 unspecified atom stereocenters. The van der Waals surface area contributed by atoms with Crippen molar-refractivity contribution in [3.8, 4) is 5.75 Å². The van der Waals surface area contributed by atoms with E-state index in [4.69, 9.17) is 0 Å². The van der Waals surface area contributed by atoms with Gasteiger partial charge >= 0.3 is 12.5 Å². The van der Waals surface area contributed by atoms with Crippen LogP contribution in [-0.4, -0.2) is 29.7 Å². The minimum Gasteiger partial charge on any atom is -0.406 e. The quantitative estimate of drug-likeness (QED) is 0.732. The van der Waals surface area contributed by atoms with Crippen molar-refractivity contribution in [1.29, 1.82) is 0 Å². The second kappa shape index (κ2) is 6.98. The molecule has 146 valence electrons. The Balaban J connectivity index is 1.96. The number of hydrogen-bond acceptors (Lipinski definition) is 3. The number of hydrogen-bond donors (Lipinski definition) is 2. The van der Waals surface area contributed by atoms with Crippen LogP contribution in [0.25, 0.3) is 0 Å². The molecule has 10 heteroatoms. The summed E-state index contributed by atoms with van der Waals surface area (Å²) in [4.78, 5) is 11.9. The minimum atomic E-state index is -4.87. The number of nitrogens with one attached hydrogen (secondary N) is 1. The fourth-order valence-corrected chi connectivity index (χ4v) is 2.68. The number of carbonyl (C=O) groups is 1. The van der Waals surface area contributed by atoms with E-state index in [1.54, 1.807) is 0 Å². The van der Waals surface area contributed by atoms with Crippen molar-refractivity contribution < 1.29 is 41.0 Å². The first kappa shape index (κ1) is 20.3. The smallest absolute Gasteiger partial charge is 0.406 e. The number of carbonyl (C=O) groups excluding carboxylic acids is 1. The number of ether oxygens (including phenoxy) is 1. The maximum absolute atomic E-state index is 12.9. The highest BCUT2D eigenvalue weighted by molar-refractivity contribution is 5.77. The summed E-state index contributed by atoms with van der Waals surface area (Å²) >= 11 is 0. The monoisotopic (exact) mass is 385 g/mol. The molecule has 2 N–H and O–H groups in total. The second-order valence-electron chi connectivity index (χ2n) is 6.28. The molecule has 0 aromatic heterocycles. The van der Waals surface area contributed by atoms with Crippen molar-refractivity contribution >= 4 is 5.91 Å². The second-order valence-corrected chi connectivity index (χ2v) is 6.28. The van der Waals surface area contributed by atoms with Crippen LogP contribution < -0.4 is 10.1 Å². The van der Waals surface area contributed by atoms with Crippen LogP contribution in [-0.2, 0) is 4.79 Å². The van der Waals surface area contributed by atoms with Crippen LogP contribution in [0.4, 0.5) is 26.3 Å². The Morgan fingerprint density at radius 1 is 1.27 bits per heavy atom. The summed E-state index contributed by atoms with van der Waals surface area (Å²) in [5, 5.41) is 12.1. The lowest BCUT2D eigenvalue weighted by Crippen LogP contribution is -2.40. The van der Waals surface area contributed by atoms with E-state index in [9.17, 15) is 36.2 Å². The average molecular weight is 385 g/mol. The molecule has 2 rings (SSSR count). The van der Waals surface area contributed by atoms with E-state index >= 15 is 0 Å². The number of amides is 1. The molecule has 0 heterocycles. The molecule has 1 aromatic rings. The zero-order valence-electron chi connectivity index (χ0n) is 13.6. The van der Waals surface area contributed by atoms with Crippen LogP contribution in [0.3, 0.4) is 0 Å². The molecule has 1 aliphatic rings. The van der Waals surface area contributed by atoms with Crippen LogP contribution in [0, 0.1) is 5.41 Å². The SMILES string of the molecule is C[C@H](NC(=O)C[C@H](O)C1(C(F)(F)F)CC1)c1cccc(OC(F)(F)F)c1. The van der Waals surface area contributed by atoms with Gasteiger partial charge in [0.2, 0.25) is 5.91 Å². The molecule has 0 radical (unpaired) electrons. The summed E-state index contributed by atoms with van der Waals surface area (Å²) in [6.45, 7) is 1.45. The maximum atomic E-state index is 12.9. The van der Waals surface area contributed by atoms with E-state index in [1.165, 1.54) is 19.1 Å². The van der Waals surface area contributed by atoms with Gasteiger partial charge in [-0.25, -0.2) is 0 Å². The molecule has 1 aromatic carbocycles. The van der Waals surface area contributed by atoms with Gasteiger partial charge in [-0.2, -0.15) is 13.2 Å². The fraction of sp³-hybridized carbons (Fsp3) is 0.562. The Morgan fingerprint density at radius 3 is 2.38 bits per heavy atom. The van der Waals surface area contributed by atoms with Gasteiger partial charge in [0.15, 0.2) is 0 Å². The van der Waals surface area contributed by atoms with Crippen LogP contribution in [0.1, 0.15) is 37.8 Å². The van der Waals surface area contributed by atoms with E-state index in [2.05, 4.69) is 10.1 Å². The van der Waals surface area contributed by atoms with Gasteiger partial charge in [-0.15, -0.1) is 13.2 Å². The van der Waals surface area contributed by atoms with Gasteiger partial charge in [0.25, 0.3) is 0 Å². The predicted molar refractivity (Wildman–Crippen MR) is 78.0 cm³/mol. The third-order valence-corrected chi connectivity index (χ3v) is 4.34. The highest BCUT2D eigenvalue weighted by Gasteiger charge is 2.67. The van der Waals surface area contributed by atoms with Gasteiger partial charge < -0.3 is 15.2 Å². The lowest BCUT2D eigenvalue weighted by atomic mass is 9.95. The summed E-state index contributed by atoms with van der Waals surface area (Å²) < 4.78 is 79.2. The van der Waals surface area contributed by atoms with E-state index in [0.717, 1.165) is 12.1 Å². The molecule has 2 atom stereocenters. The zero-order chi connectivity index (χ0) is 19.8. The number of aliphatic hydroxyl groups excluding tert-OH is 1. The van der Waals surface area contributed by atoms with Gasteiger partial charge in [-0.3, -0.25) is 4.79 Å². The van der Waals surface area contributed by atoms with Crippen LogP contribution in [0.5, 0.6) is 5.75 Å². The molecule has 0 spiro atoms. The predicted octanol–water partition coefficient (Wildman–Crippen LogP) is 3.86. The molecule has 0 saturated heterocycles. The largest absolute Gasteiger partial charge is 0.573 e. The third kappa shape index (κ3) is 4.80. The van der Waals surface area contributed by atoms with E-state index in [1.807, 2.05) is 0 Å². The lowest BCUT2D eigenvalue weighted by molar-refractivity contribution is -0.274. The summed E-state index contributed by atoms with van der Waals surface area (Å²) in [7, 11) is 0. The maximum Gasteiger partial charge on any atom is 0.573 e. The summed E-state index contributed by atoms with van der Waals surface area (Å²) in [5.41, 5.74) is -1.97. The normalized spacial score (nSPS) is 18.8. The molecular weight excluding hydrogens is 368 g/mol. The Bertz CT molecular complexity index is 654. The summed E-state index contributed by atoms with van der Waals surface area (Å²) in [5.74, 6) is -1.31. The van der Waals surface area contributed by atoms with Crippen LogP contribution >= 0.6 is 0 Å². The highest BCUT2D eigenvalue weighted by atomic mass is 19.4. The summed E-state index contributed by atoms with van der Waals surface area (Å²) in [6.07, 6.45) is -12.6. The zero-order valence-corrected chi connectivity index (χ0v) is 13.6. The van der Waals surface area contributed by atoms with Crippen molar-refractivity contribution in [3.63, 3.8) is 0 Å². The fourth-order valence-electron chi connectivity index (χ4n) is 2.68. The Kier molecular flexibility index (Phi) is 5.46. The Morgan fingerprint density at radius 2 is 1.88 bits per heavy atom. The van der Waals surface area contributed by atoms with Crippen LogP contribution in [0.15, 0.2) is 24.3 Å². The average Bonchev–Trinajstić information content (AvgIpc) is 3.26. The highest BCUT2D eigenvalue weighted by Crippen LogP contribution is 2.60. The van der Waals surface area contributed by atoms with Crippen molar-refractivity contribution in [2.24, 2.45) is 5.41 Å². The molecule has 0 bridgehead atoms. The van der Waals surface area contributed by atoms with E-state index in [-0.39, 0.29) is 18.4 Å². The first-order valence-corrected chi connectivity index (χ1v) is 7.74. The van der Waals surface area contributed by atoms with Gasteiger partial charge in [-0.05, 0) is 37.5 Å². The molecular formula is C16H17F6NO3.